The standard InChI is InChI=1S/C19H22N6O3/c1-25-9-7-11-10-14(23-19-20-8-6-15(27)24-19)22-17(16(11)18(25)28)21-12-2-4-13(26)5-3-12/h6-10,12-13,26H,2-5H2,1H3,(H3,20,21,22,23,24,27)/t12-,13-. The van der Waals surface area contributed by atoms with Gasteiger partial charge in [-0.3, -0.25) is 4.79 Å². The van der Waals surface area contributed by atoms with Crippen molar-refractivity contribution in [2.75, 3.05) is 10.6 Å². The number of nitrogens with zero attached hydrogens (tertiary/aromatic N) is 4. The van der Waals surface area contributed by atoms with Crippen molar-refractivity contribution in [2.45, 2.75) is 37.8 Å². The Morgan fingerprint density at radius 2 is 1.96 bits per heavy atom. The van der Waals surface area contributed by atoms with Crippen LogP contribution in [-0.4, -0.2) is 41.9 Å². The van der Waals surface area contributed by atoms with Crippen molar-refractivity contribution < 1.29 is 10.2 Å². The molecule has 3 aromatic rings. The van der Waals surface area contributed by atoms with Crippen LogP contribution in [0.25, 0.3) is 10.8 Å². The Bertz CT molecular complexity index is 1060. The van der Waals surface area contributed by atoms with Gasteiger partial charge in [-0.15, -0.1) is 0 Å². The van der Waals surface area contributed by atoms with E-state index in [-0.39, 0.29) is 29.5 Å². The second-order valence-electron chi connectivity index (χ2n) is 7.07. The summed E-state index contributed by atoms with van der Waals surface area (Å²) in [6.45, 7) is 0. The summed E-state index contributed by atoms with van der Waals surface area (Å²) in [6, 6.07) is 5.12. The van der Waals surface area contributed by atoms with E-state index in [0.717, 1.165) is 31.1 Å². The molecule has 0 spiro atoms. The van der Waals surface area contributed by atoms with E-state index in [2.05, 4.69) is 25.6 Å². The van der Waals surface area contributed by atoms with E-state index < -0.39 is 0 Å². The summed E-state index contributed by atoms with van der Waals surface area (Å²) in [5.74, 6) is 1.01. The van der Waals surface area contributed by atoms with Gasteiger partial charge in [0.05, 0.1) is 11.5 Å². The molecular formula is C19H22N6O3. The highest BCUT2D eigenvalue weighted by molar-refractivity contribution is 5.93. The fraction of sp³-hybridized carbons (Fsp3) is 0.368. The summed E-state index contributed by atoms with van der Waals surface area (Å²) in [7, 11) is 1.70. The van der Waals surface area contributed by atoms with Crippen molar-refractivity contribution in [3.8, 4) is 5.88 Å². The van der Waals surface area contributed by atoms with Crippen LogP contribution in [0.2, 0.25) is 0 Å². The van der Waals surface area contributed by atoms with Crippen LogP contribution in [-0.2, 0) is 7.05 Å². The molecule has 9 heteroatoms. The minimum absolute atomic E-state index is 0.135. The third kappa shape index (κ3) is 3.74. The minimum Gasteiger partial charge on any atom is -0.493 e. The molecule has 0 atom stereocenters. The van der Waals surface area contributed by atoms with Crippen LogP contribution < -0.4 is 16.2 Å². The third-order valence-electron chi connectivity index (χ3n) is 4.98. The quantitative estimate of drug-likeness (QED) is 0.539. The van der Waals surface area contributed by atoms with Gasteiger partial charge in [0, 0.05) is 31.5 Å². The van der Waals surface area contributed by atoms with Gasteiger partial charge in [0.25, 0.3) is 5.56 Å². The number of anilines is 3. The predicted octanol–water partition coefficient (Wildman–Crippen LogP) is 1.89. The second kappa shape index (κ2) is 7.43. The molecule has 1 saturated carbocycles. The van der Waals surface area contributed by atoms with Gasteiger partial charge < -0.3 is 25.4 Å². The molecule has 0 radical (unpaired) electrons. The van der Waals surface area contributed by atoms with E-state index in [4.69, 9.17) is 0 Å². The largest absolute Gasteiger partial charge is 0.493 e. The molecule has 1 aliphatic rings. The topological polar surface area (TPSA) is 125 Å². The fourth-order valence-corrected chi connectivity index (χ4v) is 3.46. The molecular weight excluding hydrogens is 360 g/mol. The molecule has 28 heavy (non-hydrogen) atoms. The minimum atomic E-state index is -0.258. The Hall–Kier alpha value is -3.20. The molecule has 0 amide bonds. The number of pyridine rings is 2. The highest BCUT2D eigenvalue weighted by atomic mass is 16.3. The zero-order chi connectivity index (χ0) is 19.7. The molecule has 146 valence electrons. The van der Waals surface area contributed by atoms with Crippen LogP contribution in [0.4, 0.5) is 17.6 Å². The molecule has 3 aromatic heterocycles. The molecule has 4 rings (SSSR count). The van der Waals surface area contributed by atoms with Crippen LogP contribution >= 0.6 is 0 Å². The van der Waals surface area contributed by atoms with Crippen LogP contribution in [0.3, 0.4) is 0 Å². The van der Waals surface area contributed by atoms with E-state index in [1.54, 1.807) is 19.3 Å². The van der Waals surface area contributed by atoms with Gasteiger partial charge in [0.1, 0.15) is 11.6 Å². The number of aromatic nitrogens is 4. The smallest absolute Gasteiger partial charge is 0.261 e. The van der Waals surface area contributed by atoms with Crippen molar-refractivity contribution in [2.24, 2.45) is 7.05 Å². The monoisotopic (exact) mass is 382 g/mol. The number of hydrogen-bond acceptors (Lipinski definition) is 8. The maximum atomic E-state index is 12.7. The molecule has 0 unspecified atom stereocenters. The van der Waals surface area contributed by atoms with Crippen LogP contribution in [0, 0.1) is 0 Å². The summed E-state index contributed by atoms with van der Waals surface area (Å²) in [5.41, 5.74) is -0.136. The molecule has 0 aliphatic heterocycles. The lowest BCUT2D eigenvalue weighted by Gasteiger charge is -2.27. The maximum Gasteiger partial charge on any atom is 0.261 e. The number of aryl methyl sites for hydroxylation is 1. The summed E-state index contributed by atoms with van der Waals surface area (Å²) in [5, 5.41) is 26.9. The number of aliphatic hydroxyl groups is 1. The molecule has 4 N–H and O–H groups in total. The Balaban J connectivity index is 1.73. The number of rotatable bonds is 4. The van der Waals surface area contributed by atoms with E-state index in [0.29, 0.717) is 17.0 Å². The maximum absolute atomic E-state index is 12.7. The van der Waals surface area contributed by atoms with Crippen molar-refractivity contribution in [1.29, 1.82) is 0 Å². The fourth-order valence-electron chi connectivity index (χ4n) is 3.46. The third-order valence-corrected chi connectivity index (χ3v) is 4.98. The Kier molecular flexibility index (Phi) is 4.82. The van der Waals surface area contributed by atoms with Gasteiger partial charge in [-0.2, -0.15) is 4.98 Å². The van der Waals surface area contributed by atoms with Gasteiger partial charge >= 0.3 is 0 Å². The Labute approximate surface area is 161 Å². The van der Waals surface area contributed by atoms with Crippen molar-refractivity contribution in [3.05, 3.63) is 40.9 Å². The molecule has 1 fully saturated rings. The average Bonchev–Trinajstić information content (AvgIpc) is 2.66. The lowest BCUT2D eigenvalue weighted by Crippen LogP contribution is -2.29. The van der Waals surface area contributed by atoms with E-state index in [1.807, 2.05) is 6.07 Å². The van der Waals surface area contributed by atoms with Gasteiger partial charge in [0.15, 0.2) is 0 Å². The van der Waals surface area contributed by atoms with Crippen molar-refractivity contribution in [3.63, 3.8) is 0 Å². The lowest BCUT2D eigenvalue weighted by molar-refractivity contribution is 0.126. The van der Waals surface area contributed by atoms with E-state index >= 15 is 0 Å². The normalized spacial score (nSPS) is 19.5. The predicted molar refractivity (Wildman–Crippen MR) is 106 cm³/mol. The average molecular weight is 382 g/mol. The first-order valence-electron chi connectivity index (χ1n) is 9.23. The SMILES string of the molecule is Cn1ccc2cc(Nc3nccc(O)n3)nc(N[C@H]3CC[C@H](O)CC3)c2c1=O. The Morgan fingerprint density at radius 1 is 1.18 bits per heavy atom. The summed E-state index contributed by atoms with van der Waals surface area (Å²) >= 11 is 0. The zero-order valence-electron chi connectivity index (χ0n) is 15.5. The number of aliphatic hydroxyl groups excluding tert-OH is 1. The molecule has 0 bridgehead atoms. The van der Waals surface area contributed by atoms with E-state index in [9.17, 15) is 15.0 Å². The summed E-state index contributed by atoms with van der Waals surface area (Å²) < 4.78 is 1.52. The van der Waals surface area contributed by atoms with Gasteiger partial charge in [-0.1, -0.05) is 0 Å². The first-order valence-corrected chi connectivity index (χ1v) is 9.23. The van der Waals surface area contributed by atoms with Crippen molar-refractivity contribution >= 4 is 28.4 Å². The molecule has 0 saturated heterocycles. The zero-order valence-corrected chi connectivity index (χ0v) is 15.5. The first-order chi connectivity index (χ1) is 13.5. The number of hydrogen-bond donors (Lipinski definition) is 4. The van der Waals surface area contributed by atoms with Gasteiger partial charge in [-0.05, 0) is 43.2 Å². The number of aromatic hydroxyl groups is 1. The number of fused-ring (bicyclic) bond motifs is 1. The summed E-state index contributed by atoms with van der Waals surface area (Å²) in [6.07, 6.45) is 5.96. The van der Waals surface area contributed by atoms with Crippen LogP contribution in [0.5, 0.6) is 5.88 Å². The second-order valence-corrected chi connectivity index (χ2v) is 7.07. The van der Waals surface area contributed by atoms with Gasteiger partial charge in [-0.25, -0.2) is 9.97 Å². The molecule has 9 nitrogen and oxygen atoms in total. The highest BCUT2D eigenvalue weighted by Gasteiger charge is 2.21. The highest BCUT2D eigenvalue weighted by Crippen LogP contribution is 2.27. The summed E-state index contributed by atoms with van der Waals surface area (Å²) in [4.78, 5) is 25.3. The molecule has 1 aliphatic carbocycles. The Morgan fingerprint density at radius 3 is 2.71 bits per heavy atom. The van der Waals surface area contributed by atoms with Gasteiger partial charge in [0.2, 0.25) is 11.8 Å². The van der Waals surface area contributed by atoms with Crippen LogP contribution in [0.15, 0.2) is 35.4 Å². The van der Waals surface area contributed by atoms with Crippen molar-refractivity contribution in [1.82, 2.24) is 19.5 Å². The first kappa shape index (κ1) is 18.2. The molecule has 3 heterocycles. The lowest BCUT2D eigenvalue weighted by atomic mass is 9.93. The van der Waals surface area contributed by atoms with E-state index in [1.165, 1.54) is 16.8 Å². The van der Waals surface area contributed by atoms with Crippen LogP contribution in [0.1, 0.15) is 25.7 Å². The number of nitrogens with one attached hydrogen (secondary N) is 2. The molecule has 0 aromatic carbocycles.